The molecule has 4 aromatic rings. The molecule has 0 radical (unpaired) electrons. The van der Waals surface area contributed by atoms with Gasteiger partial charge in [-0.3, -0.25) is 0 Å². The van der Waals surface area contributed by atoms with Crippen LogP contribution in [0.4, 0.5) is 0 Å². The first-order chi connectivity index (χ1) is 16.3. The molecular formula is C31H28O2. The highest BCUT2D eigenvalue weighted by atomic mass is 16.5. The molecule has 2 nitrogen and oxygen atoms in total. The average Bonchev–Trinajstić information content (AvgIpc) is 3.31. The van der Waals surface area contributed by atoms with Gasteiger partial charge in [-0.1, -0.05) is 91.0 Å². The van der Waals surface area contributed by atoms with Crippen LogP contribution in [-0.4, -0.2) is 14.2 Å². The van der Waals surface area contributed by atoms with Crippen molar-refractivity contribution >= 4 is 5.57 Å². The van der Waals surface area contributed by atoms with Gasteiger partial charge in [-0.2, -0.15) is 0 Å². The molecule has 0 aliphatic heterocycles. The highest BCUT2D eigenvalue weighted by molar-refractivity contribution is 5.79. The van der Waals surface area contributed by atoms with Gasteiger partial charge in [-0.25, -0.2) is 0 Å². The van der Waals surface area contributed by atoms with Crippen molar-refractivity contribution in [3.05, 3.63) is 138 Å². The van der Waals surface area contributed by atoms with E-state index in [-0.39, 0.29) is 11.3 Å². The molecule has 1 unspecified atom stereocenters. The normalized spacial score (nSPS) is 16.8. The summed E-state index contributed by atoms with van der Waals surface area (Å²) in [5.41, 5.74) is 6.31. The minimum atomic E-state index is -0.202. The second kappa shape index (κ2) is 8.99. The van der Waals surface area contributed by atoms with E-state index in [1.165, 1.54) is 27.8 Å². The highest BCUT2D eigenvalue weighted by Gasteiger charge is 2.47. The van der Waals surface area contributed by atoms with E-state index in [9.17, 15) is 0 Å². The van der Waals surface area contributed by atoms with E-state index < -0.39 is 0 Å². The maximum Gasteiger partial charge on any atom is 0.118 e. The third kappa shape index (κ3) is 3.72. The van der Waals surface area contributed by atoms with E-state index >= 15 is 0 Å². The monoisotopic (exact) mass is 432 g/mol. The predicted octanol–water partition coefficient (Wildman–Crippen LogP) is 7.26. The molecule has 0 fully saturated rings. The van der Waals surface area contributed by atoms with Crippen LogP contribution in [0.5, 0.6) is 11.5 Å². The maximum atomic E-state index is 5.46. The topological polar surface area (TPSA) is 18.5 Å². The van der Waals surface area contributed by atoms with Gasteiger partial charge in [0, 0.05) is 11.3 Å². The van der Waals surface area contributed by atoms with E-state index in [2.05, 4.69) is 103 Å². The van der Waals surface area contributed by atoms with Crippen molar-refractivity contribution in [1.29, 1.82) is 0 Å². The molecule has 0 spiro atoms. The van der Waals surface area contributed by atoms with Gasteiger partial charge in [-0.15, -0.1) is 0 Å². The Morgan fingerprint density at radius 2 is 1.09 bits per heavy atom. The Hall–Kier alpha value is -3.78. The number of rotatable bonds is 6. The number of hydrogen-bond acceptors (Lipinski definition) is 2. The molecule has 5 rings (SSSR count). The smallest absolute Gasteiger partial charge is 0.118 e. The summed E-state index contributed by atoms with van der Waals surface area (Å²) in [6.07, 6.45) is 3.36. The van der Waals surface area contributed by atoms with Crippen molar-refractivity contribution in [2.24, 2.45) is 0 Å². The van der Waals surface area contributed by atoms with Crippen molar-refractivity contribution in [2.45, 2.75) is 17.8 Å². The van der Waals surface area contributed by atoms with Gasteiger partial charge in [0.05, 0.1) is 14.2 Å². The van der Waals surface area contributed by atoms with Crippen LogP contribution in [0, 0.1) is 0 Å². The summed E-state index contributed by atoms with van der Waals surface area (Å²) in [7, 11) is 3.42. The molecule has 4 aromatic carbocycles. The van der Waals surface area contributed by atoms with Gasteiger partial charge in [0.1, 0.15) is 11.5 Å². The van der Waals surface area contributed by atoms with Crippen molar-refractivity contribution < 1.29 is 9.47 Å². The zero-order valence-electron chi connectivity index (χ0n) is 19.1. The Bertz CT molecular complexity index is 1180. The Kier molecular flexibility index (Phi) is 5.75. The maximum absolute atomic E-state index is 5.46. The lowest BCUT2D eigenvalue weighted by Crippen LogP contribution is -2.32. The van der Waals surface area contributed by atoms with Gasteiger partial charge in [0.25, 0.3) is 0 Å². The summed E-state index contributed by atoms with van der Waals surface area (Å²) in [4.78, 5) is 0. The first kappa shape index (κ1) is 21.1. The Balaban J connectivity index is 1.73. The van der Waals surface area contributed by atoms with Crippen LogP contribution in [0.25, 0.3) is 5.57 Å². The summed E-state index contributed by atoms with van der Waals surface area (Å²) in [6.45, 7) is 0. The Labute approximate surface area is 196 Å². The van der Waals surface area contributed by atoms with Gasteiger partial charge >= 0.3 is 0 Å². The first-order valence-electron chi connectivity index (χ1n) is 11.4. The predicted molar refractivity (Wildman–Crippen MR) is 135 cm³/mol. The van der Waals surface area contributed by atoms with E-state index in [0.717, 1.165) is 17.9 Å². The summed E-state index contributed by atoms with van der Waals surface area (Å²) in [5, 5.41) is 0. The van der Waals surface area contributed by atoms with E-state index in [1.54, 1.807) is 14.2 Å². The molecule has 1 aliphatic rings. The lowest BCUT2D eigenvalue weighted by molar-refractivity contribution is 0.414. The van der Waals surface area contributed by atoms with Crippen molar-refractivity contribution in [1.82, 2.24) is 0 Å². The molecule has 0 saturated heterocycles. The fourth-order valence-electron chi connectivity index (χ4n) is 5.31. The molecule has 0 aromatic heterocycles. The van der Waals surface area contributed by atoms with Crippen LogP contribution in [0.2, 0.25) is 0 Å². The summed E-state index contributed by atoms with van der Waals surface area (Å²) in [5.74, 6) is 1.90. The van der Waals surface area contributed by atoms with Crippen LogP contribution >= 0.6 is 0 Å². The van der Waals surface area contributed by atoms with Crippen LogP contribution < -0.4 is 9.47 Å². The third-order valence-electron chi connectivity index (χ3n) is 6.90. The van der Waals surface area contributed by atoms with Crippen LogP contribution in [0.15, 0.2) is 115 Å². The standard InChI is InChI=1S/C31H28O2/c1-32-27-17-13-23(14-18-27)29-21-22-31(25-9-5-3-6-10-25,26-11-7-4-8-12-26)30(29)24-15-19-28(33-2)20-16-24/h3-21,30H,22H2,1-2H3. The number of methoxy groups -OCH3 is 2. The molecule has 164 valence electrons. The van der Waals surface area contributed by atoms with Gasteiger partial charge < -0.3 is 9.47 Å². The van der Waals surface area contributed by atoms with Crippen molar-refractivity contribution in [3.8, 4) is 11.5 Å². The molecule has 1 atom stereocenters. The molecule has 1 aliphatic carbocycles. The molecule has 0 amide bonds. The molecule has 0 bridgehead atoms. The van der Waals surface area contributed by atoms with Gasteiger partial charge in [0.2, 0.25) is 0 Å². The molecule has 0 N–H and O–H groups in total. The van der Waals surface area contributed by atoms with Crippen molar-refractivity contribution in [2.75, 3.05) is 14.2 Å². The quantitative estimate of drug-likeness (QED) is 0.319. The second-order valence-electron chi connectivity index (χ2n) is 8.50. The molecule has 2 heteroatoms. The number of allylic oxidation sites excluding steroid dienone is 2. The van der Waals surface area contributed by atoms with E-state index in [1.807, 2.05) is 12.1 Å². The first-order valence-corrected chi connectivity index (χ1v) is 11.4. The van der Waals surface area contributed by atoms with E-state index in [0.29, 0.717) is 0 Å². The summed E-state index contributed by atoms with van der Waals surface area (Å²) < 4.78 is 10.9. The van der Waals surface area contributed by atoms with Crippen molar-refractivity contribution in [3.63, 3.8) is 0 Å². The third-order valence-corrected chi connectivity index (χ3v) is 6.90. The Morgan fingerprint density at radius 3 is 1.58 bits per heavy atom. The lowest BCUT2D eigenvalue weighted by atomic mass is 9.63. The minimum Gasteiger partial charge on any atom is -0.497 e. The van der Waals surface area contributed by atoms with Crippen LogP contribution in [0.1, 0.15) is 34.6 Å². The highest BCUT2D eigenvalue weighted by Crippen LogP contribution is 2.57. The minimum absolute atomic E-state index is 0.154. The number of ether oxygens (including phenoxy) is 2. The number of benzene rings is 4. The SMILES string of the molecule is COc1ccc(C2=CCC(c3ccccc3)(c3ccccc3)C2c2ccc(OC)cc2)cc1. The van der Waals surface area contributed by atoms with Gasteiger partial charge in [-0.05, 0) is 58.5 Å². The molecule has 0 heterocycles. The summed E-state index contributed by atoms with van der Waals surface area (Å²) in [6, 6.07) is 38.9. The second-order valence-corrected chi connectivity index (χ2v) is 8.50. The molecular weight excluding hydrogens is 404 g/mol. The lowest BCUT2D eigenvalue weighted by Gasteiger charge is -2.39. The van der Waals surface area contributed by atoms with Crippen LogP contribution in [0.3, 0.4) is 0 Å². The van der Waals surface area contributed by atoms with E-state index in [4.69, 9.17) is 9.47 Å². The zero-order valence-corrected chi connectivity index (χ0v) is 19.1. The fraction of sp³-hybridized carbons (Fsp3) is 0.161. The number of hydrogen-bond donors (Lipinski definition) is 0. The fourth-order valence-corrected chi connectivity index (χ4v) is 5.31. The average molecular weight is 433 g/mol. The Morgan fingerprint density at radius 1 is 0.606 bits per heavy atom. The zero-order chi connectivity index (χ0) is 22.7. The molecule has 0 saturated carbocycles. The van der Waals surface area contributed by atoms with Gasteiger partial charge in [0.15, 0.2) is 0 Å². The largest absolute Gasteiger partial charge is 0.497 e. The summed E-state index contributed by atoms with van der Waals surface area (Å²) >= 11 is 0. The molecule has 33 heavy (non-hydrogen) atoms. The van der Waals surface area contributed by atoms with Crippen LogP contribution in [-0.2, 0) is 5.41 Å².